The minimum absolute atomic E-state index is 0.0382. The third-order valence-corrected chi connectivity index (χ3v) is 5.78. The van der Waals surface area contributed by atoms with Gasteiger partial charge in [0.15, 0.2) is 5.78 Å². The zero-order chi connectivity index (χ0) is 16.5. The van der Waals surface area contributed by atoms with Gasteiger partial charge >= 0.3 is 0 Å². The number of carbonyl (C=O) groups is 1. The molecule has 1 aliphatic rings. The first-order valence-corrected chi connectivity index (χ1v) is 8.32. The van der Waals surface area contributed by atoms with Crippen molar-refractivity contribution < 1.29 is 4.79 Å². The molecule has 2 atom stereocenters. The smallest absolute Gasteiger partial charge is 0.185 e. The molecule has 0 spiro atoms. The summed E-state index contributed by atoms with van der Waals surface area (Å²) in [5.74, 6) is 1.16. The zero-order valence-electron chi connectivity index (χ0n) is 14.6. The van der Waals surface area contributed by atoms with Gasteiger partial charge in [-0.25, -0.2) is 0 Å². The minimum Gasteiger partial charge on any atom is -0.300 e. The van der Waals surface area contributed by atoms with E-state index >= 15 is 0 Å². The zero-order valence-corrected chi connectivity index (χ0v) is 14.6. The van der Waals surface area contributed by atoms with Gasteiger partial charge in [-0.1, -0.05) is 38.6 Å². The molecule has 0 saturated carbocycles. The number of nitrogens with zero attached hydrogens (tertiary/aromatic N) is 1. The minimum atomic E-state index is 0.0382. The van der Waals surface area contributed by atoms with Gasteiger partial charge < -0.3 is 4.90 Å². The summed E-state index contributed by atoms with van der Waals surface area (Å²) >= 11 is 0. The quantitative estimate of drug-likeness (QED) is 0.604. The fraction of sp³-hybridized carbons (Fsp3) is 0.550. The van der Waals surface area contributed by atoms with Crippen LogP contribution >= 0.6 is 0 Å². The third kappa shape index (κ3) is 2.89. The maximum absolute atomic E-state index is 12.1. The molecule has 0 aliphatic carbocycles. The van der Waals surface area contributed by atoms with Crippen LogP contribution in [0.4, 0.5) is 0 Å². The van der Waals surface area contributed by atoms with E-state index in [-0.39, 0.29) is 11.3 Å². The lowest BCUT2D eigenvalue weighted by Crippen LogP contribution is -2.52. The highest BCUT2D eigenvalue weighted by Gasteiger charge is 2.38. The molecule has 0 N–H and O–H groups in total. The molecule has 2 unspecified atom stereocenters. The summed E-state index contributed by atoms with van der Waals surface area (Å²) in [6.45, 7) is 13.8. The summed E-state index contributed by atoms with van der Waals surface area (Å²) in [6.07, 6.45) is 3.50. The Bertz CT molecular complexity index is 559. The number of hydrogen-bond donors (Lipinski definition) is 0. The lowest BCUT2D eigenvalue weighted by Gasteiger charge is -2.48. The van der Waals surface area contributed by atoms with Crippen LogP contribution in [0.25, 0.3) is 0 Å². The summed E-state index contributed by atoms with van der Waals surface area (Å²) in [5.41, 5.74) is 3.62. The summed E-state index contributed by atoms with van der Waals surface area (Å²) in [7, 11) is 2.22. The summed E-state index contributed by atoms with van der Waals surface area (Å²) in [6, 6.07) is 6.17. The van der Waals surface area contributed by atoms with E-state index in [0.717, 1.165) is 18.5 Å². The highest BCUT2D eigenvalue weighted by atomic mass is 16.1. The second-order valence-electron chi connectivity index (χ2n) is 7.16. The number of likely N-dealkylation sites (tertiary alicyclic amines) is 1. The number of piperidine rings is 1. The Morgan fingerprint density at radius 2 is 2.14 bits per heavy atom. The van der Waals surface area contributed by atoms with Gasteiger partial charge in [0.05, 0.1) is 0 Å². The maximum Gasteiger partial charge on any atom is 0.185 e. The SMILES string of the molecule is C=CC(=O)c1cccc(C2CC(C)C(C)(C)N(C)C2)c1CC. The predicted octanol–water partition coefficient (Wildman–Crippen LogP) is 4.45. The monoisotopic (exact) mass is 299 g/mol. The molecule has 0 bridgehead atoms. The predicted molar refractivity (Wildman–Crippen MR) is 93.6 cm³/mol. The van der Waals surface area contributed by atoms with E-state index in [2.05, 4.69) is 52.3 Å². The number of rotatable bonds is 4. The van der Waals surface area contributed by atoms with Crippen molar-refractivity contribution in [2.24, 2.45) is 5.92 Å². The van der Waals surface area contributed by atoms with Crippen LogP contribution in [0.15, 0.2) is 30.9 Å². The normalized spacial score (nSPS) is 25.0. The third-order valence-electron chi connectivity index (χ3n) is 5.78. The van der Waals surface area contributed by atoms with Crippen LogP contribution in [0.3, 0.4) is 0 Å². The molecule has 1 fully saturated rings. The molecule has 2 nitrogen and oxygen atoms in total. The molecular formula is C20H29NO. The number of benzene rings is 1. The van der Waals surface area contributed by atoms with Crippen molar-refractivity contribution >= 4 is 5.78 Å². The Kier molecular flexibility index (Phi) is 4.91. The van der Waals surface area contributed by atoms with E-state index in [4.69, 9.17) is 0 Å². The van der Waals surface area contributed by atoms with E-state index in [0.29, 0.717) is 11.8 Å². The van der Waals surface area contributed by atoms with Gasteiger partial charge in [0.2, 0.25) is 0 Å². The Morgan fingerprint density at radius 3 is 2.68 bits per heavy atom. The molecule has 0 amide bonds. The van der Waals surface area contributed by atoms with Crippen LogP contribution in [-0.4, -0.2) is 29.8 Å². The fourth-order valence-corrected chi connectivity index (χ4v) is 3.68. The van der Waals surface area contributed by atoms with Crippen LogP contribution in [-0.2, 0) is 6.42 Å². The Labute approximate surface area is 135 Å². The first-order valence-electron chi connectivity index (χ1n) is 8.32. The van der Waals surface area contributed by atoms with Crippen molar-refractivity contribution in [1.29, 1.82) is 0 Å². The number of allylic oxidation sites excluding steroid dienone is 1. The van der Waals surface area contributed by atoms with Crippen molar-refractivity contribution in [3.63, 3.8) is 0 Å². The van der Waals surface area contributed by atoms with Gasteiger partial charge in [-0.05, 0) is 62.8 Å². The second-order valence-corrected chi connectivity index (χ2v) is 7.16. The van der Waals surface area contributed by atoms with Crippen molar-refractivity contribution in [3.8, 4) is 0 Å². The summed E-state index contributed by atoms with van der Waals surface area (Å²) in [4.78, 5) is 14.6. The van der Waals surface area contributed by atoms with Gasteiger partial charge in [0.25, 0.3) is 0 Å². The Hall–Kier alpha value is -1.41. The van der Waals surface area contributed by atoms with Crippen LogP contribution in [0.1, 0.15) is 61.5 Å². The van der Waals surface area contributed by atoms with Crippen LogP contribution in [0.2, 0.25) is 0 Å². The van der Waals surface area contributed by atoms with E-state index in [9.17, 15) is 4.79 Å². The molecule has 1 aromatic rings. The van der Waals surface area contributed by atoms with Crippen LogP contribution in [0, 0.1) is 5.92 Å². The van der Waals surface area contributed by atoms with E-state index in [1.165, 1.54) is 23.6 Å². The van der Waals surface area contributed by atoms with Gasteiger partial charge in [-0.3, -0.25) is 4.79 Å². The van der Waals surface area contributed by atoms with Gasteiger partial charge in [-0.2, -0.15) is 0 Å². The first kappa shape index (κ1) is 17.0. The standard InChI is InChI=1S/C20H29NO/c1-7-16-17(10-9-11-18(16)19(22)8-2)15-12-14(3)20(4,5)21(6)13-15/h8-11,14-15H,2,7,12-13H2,1,3-6H3. The average molecular weight is 299 g/mol. The first-order chi connectivity index (χ1) is 10.3. The average Bonchev–Trinajstić information content (AvgIpc) is 2.50. The summed E-state index contributed by atoms with van der Waals surface area (Å²) < 4.78 is 0. The topological polar surface area (TPSA) is 20.3 Å². The molecule has 2 rings (SSSR count). The maximum atomic E-state index is 12.1. The van der Waals surface area contributed by atoms with Gasteiger partial charge in [-0.15, -0.1) is 0 Å². The number of hydrogen-bond acceptors (Lipinski definition) is 2. The lowest BCUT2D eigenvalue weighted by molar-refractivity contribution is 0.0417. The highest BCUT2D eigenvalue weighted by Crippen LogP contribution is 2.40. The lowest BCUT2D eigenvalue weighted by atomic mass is 9.73. The molecule has 22 heavy (non-hydrogen) atoms. The Balaban J connectivity index is 2.41. The van der Waals surface area contributed by atoms with Crippen LogP contribution in [0.5, 0.6) is 0 Å². The number of ketones is 1. The molecule has 0 aromatic heterocycles. The summed E-state index contributed by atoms with van der Waals surface area (Å²) in [5, 5.41) is 0. The molecular weight excluding hydrogens is 270 g/mol. The van der Waals surface area contributed by atoms with Crippen molar-refractivity contribution in [1.82, 2.24) is 4.90 Å². The molecule has 1 heterocycles. The van der Waals surface area contributed by atoms with E-state index < -0.39 is 0 Å². The van der Waals surface area contributed by atoms with E-state index in [1.807, 2.05) is 12.1 Å². The molecule has 1 saturated heterocycles. The molecule has 2 heteroatoms. The number of likely N-dealkylation sites (N-methyl/N-ethyl adjacent to an activating group) is 1. The molecule has 1 aromatic carbocycles. The molecule has 120 valence electrons. The number of carbonyl (C=O) groups excluding carboxylic acids is 1. The Morgan fingerprint density at radius 1 is 1.45 bits per heavy atom. The van der Waals surface area contributed by atoms with Crippen molar-refractivity contribution in [2.75, 3.05) is 13.6 Å². The van der Waals surface area contributed by atoms with Crippen molar-refractivity contribution in [3.05, 3.63) is 47.5 Å². The highest BCUT2D eigenvalue weighted by molar-refractivity contribution is 6.05. The van der Waals surface area contributed by atoms with Gasteiger partial charge in [0, 0.05) is 17.6 Å². The fourth-order valence-electron chi connectivity index (χ4n) is 3.68. The largest absolute Gasteiger partial charge is 0.300 e. The van der Waals surface area contributed by atoms with Crippen LogP contribution < -0.4 is 0 Å². The van der Waals surface area contributed by atoms with Gasteiger partial charge in [0.1, 0.15) is 0 Å². The van der Waals surface area contributed by atoms with E-state index in [1.54, 1.807) is 0 Å². The molecule has 1 aliphatic heterocycles. The van der Waals surface area contributed by atoms with Crippen molar-refractivity contribution in [2.45, 2.75) is 52.0 Å². The molecule has 0 radical (unpaired) electrons. The second kappa shape index (κ2) is 6.37.